The fourth-order valence-electron chi connectivity index (χ4n) is 10.0. The van der Waals surface area contributed by atoms with Crippen molar-refractivity contribution in [3.8, 4) is 0 Å². The molecule has 0 N–H and O–H groups in total. The first kappa shape index (κ1) is 70.9. The highest BCUT2D eigenvalue weighted by Gasteiger charge is 2.19. The van der Waals surface area contributed by atoms with Crippen molar-refractivity contribution < 1.29 is 28.6 Å². The predicted octanol–water partition coefficient (Wildman–Crippen LogP) is 22.2. The maximum Gasteiger partial charge on any atom is 0.306 e. The number of ether oxygens (including phenoxy) is 3. The van der Waals surface area contributed by atoms with Gasteiger partial charge in [0.05, 0.1) is 0 Å². The average Bonchev–Trinajstić information content (AvgIpc) is 3.39. The SMILES string of the molecule is CCCCCC/C=C\C/C=C\CCCCCCCC(=O)OCC(COC(=O)CCCCCCCCCCCCCCCCCCCCCC)OC(=O)CCCCCCCCCCCCCCCCCCCCC. The molecule has 6 heteroatoms. The molecular weight excluding hydrogens is 901 g/mol. The zero-order valence-electron chi connectivity index (χ0n) is 49.4. The normalized spacial score (nSPS) is 12.1. The van der Waals surface area contributed by atoms with Crippen LogP contribution < -0.4 is 0 Å². The minimum Gasteiger partial charge on any atom is -0.462 e. The van der Waals surface area contributed by atoms with Gasteiger partial charge in [0.1, 0.15) is 13.2 Å². The average molecular weight is 1030 g/mol. The van der Waals surface area contributed by atoms with E-state index in [-0.39, 0.29) is 31.1 Å². The van der Waals surface area contributed by atoms with Crippen molar-refractivity contribution in [2.24, 2.45) is 0 Å². The molecule has 0 fully saturated rings. The van der Waals surface area contributed by atoms with Crippen LogP contribution in [0.5, 0.6) is 0 Å². The summed E-state index contributed by atoms with van der Waals surface area (Å²) in [5, 5.41) is 0. The van der Waals surface area contributed by atoms with Gasteiger partial charge >= 0.3 is 17.9 Å². The molecule has 0 radical (unpaired) electrons. The Labute approximate surface area is 455 Å². The van der Waals surface area contributed by atoms with Gasteiger partial charge in [0.2, 0.25) is 0 Å². The molecular formula is C67H126O6. The molecule has 0 aromatic heterocycles. The highest BCUT2D eigenvalue weighted by atomic mass is 16.6. The Morgan fingerprint density at radius 2 is 0.493 bits per heavy atom. The van der Waals surface area contributed by atoms with Gasteiger partial charge in [-0.3, -0.25) is 14.4 Å². The molecule has 0 spiro atoms. The molecule has 0 aliphatic heterocycles. The predicted molar refractivity (Wildman–Crippen MR) is 316 cm³/mol. The molecule has 0 rings (SSSR count). The highest BCUT2D eigenvalue weighted by molar-refractivity contribution is 5.71. The lowest BCUT2D eigenvalue weighted by atomic mass is 10.0. The van der Waals surface area contributed by atoms with Gasteiger partial charge in [0, 0.05) is 19.3 Å². The topological polar surface area (TPSA) is 78.9 Å². The zero-order chi connectivity index (χ0) is 52.9. The van der Waals surface area contributed by atoms with Crippen LogP contribution in [0, 0.1) is 0 Å². The Hall–Kier alpha value is -2.11. The van der Waals surface area contributed by atoms with Crippen molar-refractivity contribution in [3.63, 3.8) is 0 Å². The smallest absolute Gasteiger partial charge is 0.306 e. The van der Waals surface area contributed by atoms with Gasteiger partial charge in [-0.2, -0.15) is 0 Å². The zero-order valence-corrected chi connectivity index (χ0v) is 49.4. The minimum atomic E-state index is -0.773. The number of rotatable bonds is 61. The lowest BCUT2D eigenvalue weighted by molar-refractivity contribution is -0.167. The largest absolute Gasteiger partial charge is 0.462 e. The van der Waals surface area contributed by atoms with E-state index in [4.69, 9.17) is 14.2 Å². The quantitative estimate of drug-likeness (QED) is 0.0261. The Kier molecular flexibility index (Phi) is 60.6. The molecule has 6 nitrogen and oxygen atoms in total. The van der Waals surface area contributed by atoms with Crippen LogP contribution in [0.3, 0.4) is 0 Å². The third kappa shape index (κ3) is 60.6. The van der Waals surface area contributed by atoms with E-state index in [9.17, 15) is 14.4 Å². The number of hydrogen-bond acceptors (Lipinski definition) is 6. The summed E-state index contributed by atoms with van der Waals surface area (Å²) in [5.74, 6) is -0.853. The van der Waals surface area contributed by atoms with Crippen LogP contribution in [0.2, 0.25) is 0 Å². The van der Waals surface area contributed by atoms with Gasteiger partial charge in [0.15, 0.2) is 6.10 Å². The van der Waals surface area contributed by atoms with Crippen molar-refractivity contribution in [1.82, 2.24) is 0 Å². The van der Waals surface area contributed by atoms with Gasteiger partial charge in [-0.05, 0) is 51.4 Å². The Morgan fingerprint density at radius 3 is 0.767 bits per heavy atom. The van der Waals surface area contributed by atoms with Crippen molar-refractivity contribution in [1.29, 1.82) is 0 Å². The van der Waals surface area contributed by atoms with Gasteiger partial charge < -0.3 is 14.2 Å². The fraction of sp³-hybridized carbons (Fsp3) is 0.896. The standard InChI is InChI=1S/C67H126O6/c1-4-7-10-13-16-19-22-25-28-31-33-35-36-39-42-45-48-51-54-57-60-66(69)72-63-64(62-71-65(68)59-56-53-50-47-44-41-38-30-27-24-21-18-15-12-9-6-3)73-67(70)61-58-55-52-49-46-43-40-37-34-32-29-26-23-20-17-14-11-8-5-2/h21,24,30,38,64H,4-20,22-23,25-29,31-37,39-63H2,1-3H3/b24-21-,38-30-. The van der Waals surface area contributed by atoms with Crippen LogP contribution in [-0.2, 0) is 28.6 Å². The van der Waals surface area contributed by atoms with E-state index in [1.54, 1.807) is 0 Å². The Morgan fingerprint density at radius 1 is 0.274 bits per heavy atom. The van der Waals surface area contributed by atoms with E-state index in [1.165, 1.54) is 250 Å². The molecule has 1 unspecified atom stereocenters. The highest BCUT2D eigenvalue weighted by Crippen LogP contribution is 2.18. The van der Waals surface area contributed by atoms with Gasteiger partial charge in [-0.1, -0.05) is 321 Å². The first-order valence-corrected chi connectivity index (χ1v) is 32.8. The number of carbonyl (C=O) groups is 3. The van der Waals surface area contributed by atoms with Crippen LogP contribution in [0.1, 0.15) is 367 Å². The maximum atomic E-state index is 12.9. The molecule has 0 bridgehead atoms. The minimum absolute atomic E-state index is 0.0694. The van der Waals surface area contributed by atoms with Crippen LogP contribution in [0.25, 0.3) is 0 Å². The summed E-state index contributed by atoms with van der Waals surface area (Å²) >= 11 is 0. The van der Waals surface area contributed by atoms with Gasteiger partial charge in [-0.25, -0.2) is 0 Å². The number of hydrogen-bond donors (Lipinski definition) is 0. The Balaban J connectivity index is 4.31. The van der Waals surface area contributed by atoms with Gasteiger partial charge in [-0.15, -0.1) is 0 Å². The summed E-state index contributed by atoms with van der Waals surface area (Å²) < 4.78 is 17.0. The van der Waals surface area contributed by atoms with Crippen LogP contribution in [-0.4, -0.2) is 37.2 Å². The fourth-order valence-corrected chi connectivity index (χ4v) is 10.0. The van der Waals surface area contributed by atoms with Crippen molar-refractivity contribution in [3.05, 3.63) is 24.3 Å². The van der Waals surface area contributed by atoms with Crippen LogP contribution >= 0.6 is 0 Å². The van der Waals surface area contributed by atoms with E-state index >= 15 is 0 Å². The molecule has 0 saturated carbocycles. The number of allylic oxidation sites excluding steroid dienone is 4. The lowest BCUT2D eigenvalue weighted by Gasteiger charge is -2.18. The molecule has 0 aliphatic rings. The monoisotopic (exact) mass is 1030 g/mol. The second-order valence-electron chi connectivity index (χ2n) is 22.4. The van der Waals surface area contributed by atoms with Crippen molar-refractivity contribution >= 4 is 17.9 Å². The Bertz CT molecular complexity index is 1180. The number of carbonyl (C=O) groups excluding carboxylic acids is 3. The van der Waals surface area contributed by atoms with Crippen molar-refractivity contribution in [2.45, 2.75) is 374 Å². The number of esters is 3. The molecule has 73 heavy (non-hydrogen) atoms. The molecule has 1 atom stereocenters. The summed E-state index contributed by atoms with van der Waals surface area (Å²) in [7, 11) is 0. The molecule has 430 valence electrons. The van der Waals surface area contributed by atoms with Crippen molar-refractivity contribution in [2.75, 3.05) is 13.2 Å². The van der Waals surface area contributed by atoms with E-state index in [1.807, 2.05) is 0 Å². The van der Waals surface area contributed by atoms with E-state index in [0.717, 1.165) is 77.0 Å². The number of unbranched alkanes of at least 4 members (excludes halogenated alkanes) is 46. The summed E-state index contributed by atoms with van der Waals surface area (Å²) in [4.78, 5) is 38.3. The summed E-state index contributed by atoms with van der Waals surface area (Å²) in [5.41, 5.74) is 0. The molecule has 0 aromatic rings. The molecule has 0 aromatic carbocycles. The second-order valence-corrected chi connectivity index (χ2v) is 22.4. The molecule has 0 aliphatic carbocycles. The first-order chi connectivity index (χ1) is 36.0. The van der Waals surface area contributed by atoms with E-state index < -0.39 is 6.10 Å². The molecule has 0 heterocycles. The second kappa shape index (κ2) is 62.4. The van der Waals surface area contributed by atoms with Crippen LogP contribution in [0.4, 0.5) is 0 Å². The molecule has 0 amide bonds. The summed E-state index contributed by atoms with van der Waals surface area (Å²) in [6.07, 6.45) is 74.7. The molecule has 0 saturated heterocycles. The first-order valence-electron chi connectivity index (χ1n) is 32.8. The summed E-state index contributed by atoms with van der Waals surface area (Å²) in [6, 6.07) is 0. The lowest BCUT2D eigenvalue weighted by Crippen LogP contribution is -2.30. The summed E-state index contributed by atoms with van der Waals surface area (Å²) in [6.45, 7) is 6.69. The van der Waals surface area contributed by atoms with E-state index in [2.05, 4.69) is 45.1 Å². The van der Waals surface area contributed by atoms with E-state index in [0.29, 0.717) is 19.3 Å². The maximum absolute atomic E-state index is 12.9. The third-order valence-electron chi connectivity index (χ3n) is 15.0. The third-order valence-corrected chi connectivity index (χ3v) is 15.0. The van der Waals surface area contributed by atoms with Crippen LogP contribution in [0.15, 0.2) is 24.3 Å². The van der Waals surface area contributed by atoms with Gasteiger partial charge in [0.25, 0.3) is 0 Å².